The van der Waals surface area contributed by atoms with E-state index in [1.807, 2.05) is 30.3 Å². The second-order valence-electron chi connectivity index (χ2n) is 5.37. The molecule has 0 aliphatic heterocycles. The van der Waals surface area contributed by atoms with Gasteiger partial charge in [-0.25, -0.2) is 0 Å². The van der Waals surface area contributed by atoms with E-state index in [1.54, 1.807) is 0 Å². The van der Waals surface area contributed by atoms with E-state index in [9.17, 15) is 9.59 Å². The summed E-state index contributed by atoms with van der Waals surface area (Å²) in [5, 5.41) is 2.92. The summed E-state index contributed by atoms with van der Waals surface area (Å²) >= 11 is 0. The fourth-order valence-corrected chi connectivity index (χ4v) is 2.34. The number of hydrogen-bond donors (Lipinski definition) is 1. The normalized spacial score (nSPS) is 10.7. The van der Waals surface area contributed by atoms with Gasteiger partial charge in [0.25, 0.3) is 0 Å². The summed E-state index contributed by atoms with van der Waals surface area (Å²) in [6, 6.07) is 9.24. The zero-order valence-corrected chi connectivity index (χ0v) is 13.8. The number of rotatable bonds is 11. The monoisotopic (exact) mass is 304 g/mol. The molecule has 4 nitrogen and oxygen atoms in total. The molecule has 0 spiro atoms. The quantitative estimate of drug-likeness (QED) is 0.505. The molecule has 1 rings (SSSR count). The molecule has 0 bridgehead atoms. The summed E-state index contributed by atoms with van der Waals surface area (Å²) in [5.74, 6) is 0.148. The molecule has 0 fully saturated rings. The van der Waals surface area contributed by atoms with Crippen molar-refractivity contribution in [1.29, 1.82) is 0 Å². The van der Waals surface area contributed by atoms with Gasteiger partial charge in [-0.1, -0.05) is 44.2 Å². The standard InChI is InChI=1S/C18H28N2O2/c1-3-20(4-2)15-9-14-19-18(22)13-8-12-17(21)16-10-6-5-7-11-16/h5-7,10-11H,3-4,8-9,12-15H2,1-2H3,(H,19,22). The third-order valence-corrected chi connectivity index (χ3v) is 3.77. The third kappa shape index (κ3) is 7.36. The van der Waals surface area contributed by atoms with Crippen LogP contribution in [0.2, 0.25) is 0 Å². The van der Waals surface area contributed by atoms with Crippen LogP contribution in [0, 0.1) is 0 Å². The molecule has 0 saturated carbocycles. The van der Waals surface area contributed by atoms with E-state index in [4.69, 9.17) is 0 Å². The molecule has 0 aromatic heterocycles. The van der Waals surface area contributed by atoms with Crippen molar-refractivity contribution in [3.63, 3.8) is 0 Å². The van der Waals surface area contributed by atoms with E-state index in [0.29, 0.717) is 25.8 Å². The van der Waals surface area contributed by atoms with Crippen molar-refractivity contribution in [2.75, 3.05) is 26.2 Å². The number of hydrogen-bond acceptors (Lipinski definition) is 3. The van der Waals surface area contributed by atoms with Crippen molar-refractivity contribution >= 4 is 11.7 Å². The smallest absolute Gasteiger partial charge is 0.220 e. The third-order valence-electron chi connectivity index (χ3n) is 3.77. The predicted molar refractivity (Wildman–Crippen MR) is 90.0 cm³/mol. The van der Waals surface area contributed by atoms with Crippen LogP contribution in [-0.2, 0) is 4.79 Å². The lowest BCUT2D eigenvalue weighted by Gasteiger charge is -2.17. The largest absolute Gasteiger partial charge is 0.356 e. The van der Waals surface area contributed by atoms with E-state index >= 15 is 0 Å². The summed E-state index contributed by atoms with van der Waals surface area (Å²) in [6.45, 7) is 8.11. The minimum Gasteiger partial charge on any atom is -0.356 e. The molecule has 1 aromatic carbocycles. The molecule has 4 heteroatoms. The van der Waals surface area contributed by atoms with Crippen LogP contribution in [0.15, 0.2) is 30.3 Å². The molecule has 1 aromatic rings. The van der Waals surface area contributed by atoms with Gasteiger partial charge in [-0.3, -0.25) is 9.59 Å². The van der Waals surface area contributed by atoms with Crippen LogP contribution < -0.4 is 5.32 Å². The fourth-order valence-electron chi connectivity index (χ4n) is 2.34. The average molecular weight is 304 g/mol. The van der Waals surface area contributed by atoms with Gasteiger partial charge in [0.1, 0.15) is 0 Å². The van der Waals surface area contributed by atoms with Crippen LogP contribution in [0.4, 0.5) is 0 Å². The van der Waals surface area contributed by atoms with Gasteiger partial charge in [-0.05, 0) is 32.5 Å². The summed E-state index contributed by atoms with van der Waals surface area (Å²) in [7, 11) is 0. The van der Waals surface area contributed by atoms with E-state index < -0.39 is 0 Å². The number of carbonyl (C=O) groups excluding carboxylic acids is 2. The predicted octanol–water partition coefficient (Wildman–Crippen LogP) is 2.89. The van der Waals surface area contributed by atoms with Crippen LogP contribution in [0.5, 0.6) is 0 Å². The first-order valence-corrected chi connectivity index (χ1v) is 8.24. The topological polar surface area (TPSA) is 49.4 Å². The Morgan fingerprint density at radius 3 is 2.32 bits per heavy atom. The number of benzene rings is 1. The number of nitrogens with zero attached hydrogens (tertiary/aromatic N) is 1. The highest BCUT2D eigenvalue weighted by atomic mass is 16.1. The zero-order valence-electron chi connectivity index (χ0n) is 13.8. The van der Waals surface area contributed by atoms with Crippen LogP contribution in [0.3, 0.4) is 0 Å². The molecule has 1 N–H and O–H groups in total. The maximum Gasteiger partial charge on any atom is 0.220 e. The molecular formula is C18H28N2O2. The SMILES string of the molecule is CCN(CC)CCCNC(=O)CCCC(=O)c1ccccc1. The Hall–Kier alpha value is -1.68. The minimum atomic E-state index is 0.0420. The highest BCUT2D eigenvalue weighted by Gasteiger charge is 2.07. The number of carbonyl (C=O) groups is 2. The van der Waals surface area contributed by atoms with Gasteiger partial charge in [0.05, 0.1) is 0 Å². The van der Waals surface area contributed by atoms with E-state index in [-0.39, 0.29) is 11.7 Å². The summed E-state index contributed by atoms with van der Waals surface area (Å²) in [6.07, 6.45) is 2.42. The Kier molecular flexibility index (Phi) is 9.15. The van der Waals surface area contributed by atoms with E-state index in [1.165, 1.54) is 0 Å². The van der Waals surface area contributed by atoms with Gasteiger partial charge in [0.15, 0.2) is 5.78 Å². The number of amides is 1. The molecule has 0 aliphatic rings. The average Bonchev–Trinajstić information content (AvgIpc) is 2.55. The number of nitrogens with one attached hydrogen (secondary N) is 1. The lowest BCUT2D eigenvalue weighted by Crippen LogP contribution is -2.29. The van der Waals surface area contributed by atoms with Crippen LogP contribution in [0.1, 0.15) is 49.9 Å². The lowest BCUT2D eigenvalue weighted by atomic mass is 10.1. The van der Waals surface area contributed by atoms with Crippen molar-refractivity contribution in [3.8, 4) is 0 Å². The van der Waals surface area contributed by atoms with Gasteiger partial charge in [0, 0.05) is 24.9 Å². The number of Topliss-reactive ketones (excluding diaryl/α,β-unsaturated/α-hetero) is 1. The molecule has 22 heavy (non-hydrogen) atoms. The summed E-state index contributed by atoms with van der Waals surface area (Å²) in [5.41, 5.74) is 0.724. The molecule has 0 saturated heterocycles. The van der Waals surface area contributed by atoms with Gasteiger partial charge in [-0.15, -0.1) is 0 Å². The van der Waals surface area contributed by atoms with E-state index in [2.05, 4.69) is 24.1 Å². The highest BCUT2D eigenvalue weighted by molar-refractivity contribution is 5.96. The first kappa shape index (κ1) is 18.4. The second kappa shape index (κ2) is 11.0. The Bertz CT molecular complexity index is 442. The van der Waals surface area contributed by atoms with Crippen LogP contribution in [0.25, 0.3) is 0 Å². The van der Waals surface area contributed by atoms with Gasteiger partial charge in [0.2, 0.25) is 5.91 Å². The van der Waals surface area contributed by atoms with E-state index in [0.717, 1.165) is 31.6 Å². The molecule has 122 valence electrons. The van der Waals surface area contributed by atoms with Crippen molar-refractivity contribution in [2.45, 2.75) is 39.5 Å². The van der Waals surface area contributed by atoms with Crippen molar-refractivity contribution < 1.29 is 9.59 Å². The molecule has 0 atom stereocenters. The molecule has 1 amide bonds. The fraction of sp³-hybridized carbons (Fsp3) is 0.556. The first-order valence-electron chi connectivity index (χ1n) is 8.24. The Balaban J connectivity index is 2.10. The van der Waals surface area contributed by atoms with Crippen LogP contribution >= 0.6 is 0 Å². The molecule has 0 aliphatic carbocycles. The van der Waals surface area contributed by atoms with Crippen molar-refractivity contribution in [2.24, 2.45) is 0 Å². The maximum absolute atomic E-state index is 11.9. The molecular weight excluding hydrogens is 276 g/mol. The highest BCUT2D eigenvalue weighted by Crippen LogP contribution is 2.06. The second-order valence-corrected chi connectivity index (χ2v) is 5.37. The van der Waals surface area contributed by atoms with Gasteiger partial charge in [-0.2, -0.15) is 0 Å². The first-order chi connectivity index (χ1) is 10.7. The lowest BCUT2D eigenvalue weighted by molar-refractivity contribution is -0.121. The van der Waals surface area contributed by atoms with Crippen molar-refractivity contribution in [3.05, 3.63) is 35.9 Å². The minimum absolute atomic E-state index is 0.0420. The zero-order chi connectivity index (χ0) is 16.2. The van der Waals surface area contributed by atoms with Crippen molar-refractivity contribution in [1.82, 2.24) is 10.2 Å². The molecule has 0 heterocycles. The Labute approximate surface area is 133 Å². The molecule has 0 unspecified atom stereocenters. The van der Waals surface area contributed by atoms with Crippen LogP contribution in [-0.4, -0.2) is 42.8 Å². The van der Waals surface area contributed by atoms with Gasteiger partial charge >= 0.3 is 0 Å². The summed E-state index contributed by atoms with van der Waals surface area (Å²) < 4.78 is 0. The molecule has 0 radical (unpaired) electrons. The van der Waals surface area contributed by atoms with Gasteiger partial charge < -0.3 is 10.2 Å². The number of ketones is 1. The Morgan fingerprint density at radius 2 is 1.68 bits per heavy atom. The Morgan fingerprint density at radius 1 is 1.00 bits per heavy atom. The summed E-state index contributed by atoms with van der Waals surface area (Å²) in [4.78, 5) is 25.9. The maximum atomic E-state index is 11.9.